The van der Waals surface area contributed by atoms with Crippen LogP contribution in [0.3, 0.4) is 0 Å². The molecule has 1 heterocycles. The van der Waals surface area contributed by atoms with E-state index in [0.29, 0.717) is 11.9 Å². The average molecular weight is 344 g/mol. The number of aliphatic imine (C=N–C) groups is 1. The summed E-state index contributed by atoms with van der Waals surface area (Å²) in [5.41, 5.74) is 3.28. The summed E-state index contributed by atoms with van der Waals surface area (Å²) in [6, 6.07) is 17.0. The maximum absolute atomic E-state index is 13.2. The van der Waals surface area contributed by atoms with E-state index in [-0.39, 0.29) is 0 Å². The molecule has 1 aromatic heterocycles. The van der Waals surface area contributed by atoms with Crippen LogP contribution in [-0.2, 0) is 17.4 Å². The molecule has 122 valence electrons. The van der Waals surface area contributed by atoms with Crippen LogP contribution in [0.15, 0.2) is 88.9 Å². The van der Waals surface area contributed by atoms with Crippen LogP contribution in [0, 0.1) is 0 Å². The van der Waals surface area contributed by atoms with E-state index in [9.17, 15) is 4.21 Å². The average Bonchev–Trinajstić information content (AvgIpc) is 2.98. The van der Waals surface area contributed by atoms with Gasteiger partial charge in [-0.25, -0.2) is 4.21 Å². The molecule has 0 aliphatic rings. The summed E-state index contributed by atoms with van der Waals surface area (Å²) >= 11 is 0. The van der Waals surface area contributed by atoms with Gasteiger partial charge in [-0.15, -0.1) is 0 Å². The van der Waals surface area contributed by atoms with E-state index in [1.807, 2.05) is 58.6 Å². The quantitative estimate of drug-likeness (QED) is 0.384. The molecule has 1 unspecified atom stereocenters. The Bertz CT molecular complexity index is 990. The molecule has 2 aromatic carbocycles. The lowest BCUT2D eigenvalue weighted by Gasteiger charge is -2.11. The van der Waals surface area contributed by atoms with E-state index in [2.05, 4.69) is 18.3 Å². The number of rotatable bonds is 6. The van der Waals surface area contributed by atoms with E-state index < -0.39 is 11.0 Å². The first-order chi connectivity index (χ1) is 12.1. The fourth-order valence-electron chi connectivity index (χ4n) is 2.71. The van der Waals surface area contributed by atoms with Crippen LogP contribution in [0.2, 0.25) is 0 Å². The van der Waals surface area contributed by atoms with Gasteiger partial charge in [0.2, 0.25) is 0 Å². The topological polar surface area (TPSA) is 34.4 Å². The molecular weight excluding hydrogens is 327 g/mol. The van der Waals surface area contributed by atoms with Gasteiger partial charge in [0.25, 0.3) is 0 Å². The predicted octanol–water partition coefficient (Wildman–Crippen LogP) is 3.32. The van der Waals surface area contributed by atoms with Crippen molar-refractivity contribution in [2.75, 3.05) is 0 Å². The van der Waals surface area contributed by atoms with Gasteiger partial charge >= 0.3 is 0 Å². The highest BCUT2D eigenvalue weighted by molar-refractivity contribution is 7.83. The van der Waals surface area contributed by atoms with E-state index in [4.69, 9.17) is 7.85 Å². The zero-order chi connectivity index (χ0) is 17.8. The number of aromatic nitrogens is 1. The normalized spacial score (nSPS) is 12.9. The van der Waals surface area contributed by atoms with E-state index in [1.54, 1.807) is 12.3 Å². The lowest BCUT2D eigenvalue weighted by Crippen LogP contribution is -2.10. The number of fused-ring (bicyclic) bond motifs is 1. The molecule has 5 heteroatoms. The Morgan fingerprint density at radius 2 is 1.96 bits per heavy atom. The molecule has 0 aliphatic heterocycles. The van der Waals surface area contributed by atoms with Crippen LogP contribution < -0.4 is 5.46 Å². The van der Waals surface area contributed by atoms with Crippen LogP contribution in [0.5, 0.6) is 0 Å². The van der Waals surface area contributed by atoms with E-state index in [1.165, 1.54) is 0 Å². The molecule has 2 radical (unpaired) electrons. The van der Waals surface area contributed by atoms with Crippen molar-refractivity contribution >= 4 is 41.9 Å². The number of hydrogen-bond donors (Lipinski definition) is 0. The number of allylic oxidation sites excluding steroid dienone is 2. The summed E-state index contributed by atoms with van der Waals surface area (Å²) in [6.07, 6.45) is 3.95. The third-order valence-electron chi connectivity index (χ3n) is 3.87. The second kappa shape index (κ2) is 7.49. The summed E-state index contributed by atoms with van der Waals surface area (Å²) in [7, 11) is 4.57. The lowest BCUT2D eigenvalue weighted by atomic mass is 9.95. The SMILES string of the molecule is [B]c1ccc2cc(C/C(C=C)=C/N=C)n(S(=O)c3ccccc3)c2c1. The van der Waals surface area contributed by atoms with Crippen LogP contribution in [0.4, 0.5) is 0 Å². The van der Waals surface area contributed by atoms with Gasteiger partial charge < -0.3 is 0 Å². The van der Waals surface area contributed by atoms with Gasteiger partial charge in [-0.1, -0.05) is 48.4 Å². The van der Waals surface area contributed by atoms with Gasteiger partial charge in [0.15, 0.2) is 11.0 Å². The van der Waals surface area contributed by atoms with Crippen molar-refractivity contribution in [3.05, 3.63) is 84.7 Å². The lowest BCUT2D eigenvalue weighted by molar-refractivity contribution is 0.677. The Morgan fingerprint density at radius 3 is 2.64 bits per heavy atom. The summed E-state index contributed by atoms with van der Waals surface area (Å²) in [6.45, 7) is 7.31. The molecule has 0 aliphatic carbocycles. The van der Waals surface area contributed by atoms with Crippen molar-refractivity contribution < 1.29 is 4.21 Å². The van der Waals surface area contributed by atoms with Crippen molar-refractivity contribution in [1.29, 1.82) is 0 Å². The fourth-order valence-corrected chi connectivity index (χ4v) is 3.98. The molecule has 0 spiro atoms. The largest absolute Gasteiger partial charge is 0.272 e. The summed E-state index contributed by atoms with van der Waals surface area (Å²) in [5, 5.41) is 0.989. The minimum Gasteiger partial charge on any atom is -0.272 e. The first-order valence-corrected chi connectivity index (χ1v) is 8.89. The molecule has 25 heavy (non-hydrogen) atoms. The summed E-state index contributed by atoms with van der Waals surface area (Å²) in [4.78, 5) is 4.55. The second-order valence-electron chi connectivity index (χ2n) is 5.58. The highest BCUT2D eigenvalue weighted by Gasteiger charge is 2.16. The van der Waals surface area contributed by atoms with Crippen LogP contribution in [-0.4, -0.2) is 22.7 Å². The van der Waals surface area contributed by atoms with Crippen LogP contribution in [0.1, 0.15) is 5.69 Å². The van der Waals surface area contributed by atoms with Gasteiger partial charge in [0.05, 0.1) is 10.4 Å². The molecule has 0 bridgehead atoms. The number of benzene rings is 2. The summed E-state index contributed by atoms with van der Waals surface area (Å²) < 4.78 is 15.1. The minimum atomic E-state index is -1.38. The molecule has 0 N–H and O–H groups in total. The van der Waals surface area contributed by atoms with Gasteiger partial charge in [-0.3, -0.25) is 8.96 Å². The highest BCUT2D eigenvalue weighted by atomic mass is 32.2. The molecule has 1 atom stereocenters. The third kappa shape index (κ3) is 3.56. The van der Waals surface area contributed by atoms with Gasteiger partial charge in [-0.2, -0.15) is 0 Å². The van der Waals surface area contributed by atoms with Crippen LogP contribution >= 0.6 is 0 Å². The maximum atomic E-state index is 13.2. The molecule has 0 saturated heterocycles. The predicted molar refractivity (Wildman–Crippen MR) is 107 cm³/mol. The smallest absolute Gasteiger partial charge is 0.157 e. The fraction of sp³-hybridized carbons (Fsp3) is 0.0500. The molecule has 0 saturated carbocycles. The Hall–Kier alpha value is -2.66. The van der Waals surface area contributed by atoms with Crippen molar-refractivity contribution in [2.45, 2.75) is 11.3 Å². The molecule has 3 nitrogen and oxygen atoms in total. The first kappa shape index (κ1) is 17.2. The molecule has 3 aromatic rings. The number of hydrogen-bond acceptors (Lipinski definition) is 2. The van der Waals surface area contributed by atoms with Gasteiger partial charge in [0, 0.05) is 23.7 Å². The zero-order valence-electron chi connectivity index (χ0n) is 13.8. The molecular formula is C20H17BN2OS. The zero-order valence-corrected chi connectivity index (χ0v) is 14.6. The van der Waals surface area contributed by atoms with Crippen LogP contribution in [0.25, 0.3) is 10.9 Å². The minimum absolute atomic E-state index is 0.551. The maximum Gasteiger partial charge on any atom is 0.157 e. The van der Waals surface area contributed by atoms with E-state index >= 15 is 0 Å². The molecule has 3 rings (SSSR count). The molecule has 0 fully saturated rings. The third-order valence-corrected chi connectivity index (χ3v) is 5.31. The Labute approximate surface area is 151 Å². The Kier molecular flexibility index (Phi) is 5.15. The molecule has 0 amide bonds. The van der Waals surface area contributed by atoms with Crippen molar-refractivity contribution in [3.63, 3.8) is 0 Å². The van der Waals surface area contributed by atoms with Crippen molar-refractivity contribution in [2.24, 2.45) is 4.99 Å². The van der Waals surface area contributed by atoms with Crippen molar-refractivity contribution in [1.82, 2.24) is 3.97 Å². The monoisotopic (exact) mass is 344 g/mol. The van der Waals surface area contributed by atoms with Gasteiger partial charge in [0.1, 0.15) is 7.85 Å². The highest BCUT2D eigenvalue weighted by Crippen LogP contribution is 2.25. The number of nitrogens with zero attached hydrogens (tertiary/aromatic N) is 2. The van der Waals surface area contributed by atoms with E-state index in [0.717, 1.165) is 27.1 Å². The summed E-state index contributed by atoms with van der Waals surface area (Å²) in [5.74, 6) is 0. The first-order valence-electron chi connectivity index (χ1n) is 7.78. The Morgan fingerprint density at radius 1 is 1.20 bits per heavy atom. The second-order valence-corrected chi connectivity index (χ2v) is 6.91. The van der Waals surface area contributed by atoms with Crippen molar-refractivity contribution in [3.8, 4) is 0 Å². The Balaban J connectivity index is 2.19. The van der Waals surface area contributed by atoms with Gasteiger partial charge in [-0.05, 0) is 36.6 Å². The standard InChI is InChI=1S/C20H17BN2OS/c1-3-15(14-22-2)11-18-12-16-9-10-17(21)13-20(16)23(18)25(24)19-7-5-4-6-8-19/h3-10,12-14H,1-2,11H2/b15-14+.